The van der Waals surface area contributed by atoms with Gasteiger partial charge in [-0.3, -0.25) is 4.79 Å². The van der Waals surface area contributed by atoms with Crippen LogP contribution in [0, 0.1) is 5.82 Å². The molecule has 0 radical (unpaired) electrons. The van der Waals surface area contributed by atoms with E-state index in [1.807, 2.05) is 6.92 Å². The Kier molecular flexibility index (Phi) is 4.71. The van der Waals surface area contributed by atoms with Gasteiger partial charge in [0.05, 0.1) is 11.6 Å². The summed E-state index contributed by atoms with van der Waals surface area (Å²) < 4.78 is 13.2. The standard InChI is InChI=1S/C11H14ClFN2O/c1-7(15-6-11(16)14-2)8-3-4-9(12)10(13)5-8/h3-5,7,15H,6H2,1-2H3,(H,14,16). The number of benzene rings is 1. The molecule has 16 heavy (non-hydrogen) atoms. The molecule has 0 aliphatic carbocycles. The molecule has 1 atom stereocenters. The first-order valence-electron chi connectivity index (χ1n) is 4.93. The zero-order valence-corrected chi connectivity index (χ0v) is 9.94. The minimum Gasteiger partial charge on any atom is -0.358 e. The zero-order chi connectivity index (χ0) is 12.1. The van der Waals surface area contributed by atoms with Crippen molar-refractivity contribution < 1.29 is 9.18 Å². The van der Waals surface area contributed by atoms with Crippen LogP contribution < -0.4 is 10.6 Å². The van der Waals surface area contributed by atoms with Crippen LogP contribution in [0.4, 0.5) is 4.39 Å². The summed E-state index contributed by atoms with van der Waals surface area (Å²) in [6, 6.07) is 4.49. The molecule has 0 aliphatic heterocycles. The van der Waals surface area contributed by atoms with Crippen molar-refractivity contribution in [2.45, 2.75) is 13.0 Å². The lowest BCUT2D eigenvalue weighted by atomic mass is 10.1. The highest BCUT2D eigenvalue weighted by atomic mass is 35.5. The van der Waals surface area contributed by atoms with E-state index in [9.17, 15) is 9.18 Å². The number of amides is 1. The second-order valence-electron chi connectivity index (χ2n) is 3.45. The second-order valence-corrected chi connectivity index (χ2v) is 3.86. The van der Waals surface area contributed by atoms with Crippen molar-refractivity contribution in [1.29, 1.82) is 0 Å². The molecule has 1 aromatic rings. The molecule has 0 bridgehead atoms. The first kappa shape index (κ1) is 12.9. The third-order valence-corrected chi connectivity index (χ3v) is 2.60. The zero-order valence-electron chi connectivity index (χ0n) is 9.18. The van der Waals surface area contributed by atoms with E-state index in [-0.39, 0.29) is 23.5 Å². The van der Waals surface area contributed by atoms with Gasteiger partial charge in [0.15, 0.2) is 0 Å². The molecule has 3 nitrogen and oxygen atoms in total. The van der Waals surface area contributed by atoms with Crippen molar-refractivity contribution in [1.82, 2.24) is 10.6 Å². The quantitative estimate of drug-likeness (QED) is 0.849. The van der Waals surface area contributed by atoms with Crippen LogP contribution >= 0.6 is 11.6 Å². The first-order chi connectivity index (χ1) is 7.54. The topological polar surface area (TPSA) is 41.1 Å². The smallest absolute Gasteiger partial charge is 0.233 e. The Morgan fingerprint density at radius 3 is 2.81 bits per heavy atom. The van der Waals surface area contributed by atoms with Crippen molar-refractivity contribution in [3.05, 3.63) is 34.6 Å². The van der Waals surface area contributed by atoms with Gasteiger partial charge < -0.3 is 10.6 Å². The van der Waals surface area contributed by atoms with Gasteiger partial charge in [-0.1, -0.05) is 17.7 Å². The second kappa shape index (κ2) is 5.82. The van der Waals surface area contributed by atoms with Crippen LogP contribution in [0.15, 0.2) is 18.2 Å². The SMILES string of the molecule is CNC(=O)CNC(C)c1ccc(Cl)c(F)c1. The van der Waals surface area contributed by atoms with E-state index >= 15 is 0 Å². The van der Waals surface area contributed by atoms with E-state index in [2.05, 4.69) is 10.6 Å². The number of nitrogens with one attached hydrogen (secondary N) is 2. The summed E-state index contributed by atoms with van der Waals surface area (Å²) in [4.78, 5) is 11.0. The summed E-state index contributed by atoms with van der Waals surface area (Å²) in [6.07, 6.45) is 0. The Hall–Kier alpha value is -1.13. The highest BCUT2D eigenvalue weighted by Gasteiger charge is 2.09. The van der Waals surface area contributed by atoms with E-state index in [4.69, 9.17) is 11.6 Å². The molecule has 1 amide bonds. The number of carbonyl (C=O) groups is 1. The summed E-state index contributed by atoms with van der Waals surface area (Å²) in [5, 5.41) is 5.57. The molecule has 1 unspecified atom stereocenters. The molecule has 1 rings (SSSR count). The highest BCUT2D eigenvalue weighted by molar-refractivity contribution is 6.30. The summed E-state index contributed by atoms with van der Waals surface area (Å²) in [7, 11) is 1.57. The van der Waals surface area contributed by atoms with Gasteiger partial charge in [-0.15, -0.1) is 0 Å². The van der Waals surface area contributed by atoms with Crippen molar-refractivity contribution in [3.63, 3.8) is 0 Å². The maximum absolute atomic E-state index is 13.2. The number of rotatable bonds is 4. The van der Waals surface area contributed by atoms with Crippen LogP contribution in [-0.2, 0) is 4.79 Å². The van der Waals surface area contributed by atoms with Crippen LogP contribution in [0.5, 0.6) is 0 Å². The predicted octanol–water partition coefficient (Wildman–Crippen LogP) is 1.88. The molecule has 0 saturated heterocycles. The van der Waals surface area contributed by atoms with Crippen molar-refractivity contribution in [2.24, 2.45) is 0 Å². The van der Waals surface area contributed by atoms with E-state index < -0.39 is 5.82 Å². The van der Waals surface area contributed by atoms with Crippen LogP contribution in [0.25, 0.3) is 0 Å². The van der Waals surface area contributed by atoms with E-state index in [1.165, 1.54) is 12.1 Å². The monoisotopic (exact) mass is 244 g/mol. The average molecular weight is 245 g/mol. The fourth-order valence-electron chi connectivity index (χ4n) is 1.23. The number of hydrogen-bond acceptors (Lipinski definition) is 2. The molecule has 2 N–H and O–H groups in total. The van der Waals surface area contributed by atoms with Crippen molar-refractivity contribution in [2.75, 3.05) is 13.6 Å². The number of hydrogen-bond donors (Lipinski definition) is 2. The van der Waals surface area contributed by atoms with Crippen molar-refractivity contribution >= 4 is 17.5 Å². The van der Waals surface area contributed by atoms with Crippen LogP contribution in [0.3, 0.4) is 0 Å². The third kappa shape index (κ3) is 3.47. The van der Waals surface area contributed by atoms with Gasteiger partial charge in [0.2, 0.25) is 5.91 Å². The summed E-state index contributed by atoms with van der Waals surface area (Å²) in [5.41, 5.74) is 0.755. The largest absolute Gasteiger partial charge is 0.358 e. The maximum atomic E-state index is 13.2. The highest BCUT2D eigenvalue weighted by Crippen LogP contribution is 2.19. The van der Waals surface area contributed by atoms with E-state index in [0.29, 0.717) is 0 Å². The van der Waals surface area contributed by atoms with Gasteiger partial charge in [0.25, 0.3) is 0 Å². The number of likely N-dealkylation sites (N-methyl/N-ethyl adjacent to an activating group) is 1. The molecule has 0 aliphatic rings. The Bertz CT molecular complexity index is 384. The van der Waals surface area contributed by atoms with Gasteiger partial charge in [0, 0.05) is 13.1 Å². The van der Waals surface area contributed by atoms with Gasteiger partial charge >= 0.3 is 0 Å². The summed E-state index contributed by atoms with van der Waals surface area (Å²) in [5.74, 6) is -0.561. The molecule has 0 saturated carbocycles. The fraction of sp³-hybridized carbons (Fsp3) is 0.364. The Morgan fingerprint density at radius 2 is 2.25 bits per heavy atom. The Morgan fingerprint density at radius 1 is 1.56 bits per heavy atom. The lowest BCUT2D eigenvalue weighted by Gasteiger charge is -2.13. The average Bonchev–Trinajstić information content (AvgIpc) is 2.29. The van der Waals surface area contributed by atoms with Gasteiger partial charge in [0.1, 0.15) is 5.82 Å². The summed E-state index contributed by atoms with van der Waals surface area (Å²) in [6.45, 7) is 2.05. The molecule has 5 heteroatoms. The molecule has 0 aromatic heterocycles. The normalized spacial score (nSPS) is 12.2. The molecule has 88 valence electrons. The van der Waals surface area contributed by atoms with Crippen LogP contribution in [0.2, 0.25) is 5.02 Å². The molecular formula is C11H14ClFN2O. The van der Waals surface area contributed by atoms with E-state index in [0.717, 1.165) is 5.56 Å². The minimum atomic E-state index is -0.451. The van der Waals surface area contributed by atoms with Gasteiger partial charge in [-0.2, -0.15) is 0 Å². The minimum absolute atomic E-state index is 0.0993. The number of halogens is 2. The molecular weight excluding hydrogens is 231 g/mol. The van der Waals surface area contributed by atoms with Crippen LogP contribution in [-0.4, -0.2) is 19.5 Å². The number of carbonyl (C=O) groups excluding carboxylic acids is 1. The molecule has 0 fully saturated rings. The van der Waals surface area contributed by atoms with Crippen molar-refractivity contribution in [3.8, 4) is 0 Å². The lowest BCUT2D eigenvalue weighted by Crippen LogP contribution is -2.32. The first-order valence-corrected chi connectivity index (χ1v) is 5.31. The molecule has 1 aromatic carbocycles. The Labute approximate surface area is 99.0 Å². The lowest BCUT2D eigenvalue weighted by molar-refractivity contribution is -0.119. The summed E-state index contributed by atoms with van der Waals surface area (Å²) >= 11 is 5.58. The van der Waals surface area contributed by atoms with Gasteiger partial charge in [-0.05, 0) is 24.6 Å². The Balaban J connectivity index is 2.62. The predicted molar refractivity (Wildman–Crippen MR) is 61.9 cm³/mol. The molecule has 0 heterocycles. The maximum Gasteiger partial charge on any atom is 0.233 e. The van der Waals surface area contributed by atoms with Gasteiger partial charge in [-0.25, -0.2) is 4.39 Å². The fourth-order valence-corrected chi connectivity index (χ4v) is 1.35. The molecule has 0 spiro atoms. The van der Waals surface area contributed by atoms with E-state index in [1.54, 1.807) is 13.1 Å². The third-order valence-electron chi connectivity index (χ3n) is 2.29. The van der Waals surface area contributed by atoms with Crippen LogP contribution in [0.1, 0.15) is 18.5 Å².